The van der Waals surface area contributed by atoms with E-state index in [2.05, 4.69) is 23.0 Å². The fourth-order valence-electron chi connectivity index (χ4n) is 7.64. The van der Waals surface area contributed by atoms with Crippen molar-refractivity contribution in [3.8, 4) is 46.0 Å². The van der Waals surface area contributed by atoms with Crippen LogP contribution >= 0.6 is 0 Å². The van der Waals surface area contributed by atoms with Gasteiger partial charge in [0.2, 0.25) is 10.9 Å². The van der Waals surface area contributed by atoms with Gasteiger partial charge < -0.3 is 28.1 Å². The Morgan fingerprint density at radius 3 is 1.03 bits per heavy atom. The predicted molar refractivity (Wildman–Crippen MR) is 232 cm³/mol. The lowest BCUT2D eigenvalue weighted by Gasteiger charge is -2.21. The highest BCUT2D eigenvalue weighted by molar-refractivity contribution is 6.06. The summed E-state index contributed by atoms with van der Waals surface area (Å²) in [5, 5.41) is 1.80. The van der Waals surface area contributed by atoms with E-state index in [0.29, 0.717) is 103 Å². The Hall–Kier alpha value is -7.32. The van der Waals surface area contributed by atoms with Gasteiger partial charge in [0, 0.05) is 48.1 Å². The first-order chi connectivity index (χ1) is 28.5. The minimum absolute atomic E-state index is 0.207. The first-order valence-electron chi connectivity index (χ1n) is 19.6. The Morgan fingerprint density at radius 2 is 0.707 bits per heavy atom. The molecule has 8 heteroatoms. The van der Waals surface area contributed by atoms with E-state index < -0.39 is 0 Å². The molecule has 0 atom stereocenters. The number of rotatable bonds is 12. The van der Waals surface area contributed by atoms with Gasteiger partial charge >= 0.3 is 0 Å². The van der Waals surface area contributed by atoms with Crippen LogP contribution in [-0.4, -0.2) is 9.13 Å². The summed E-state index contributed by atoms with van der Waals surface area (Å²) in [6.07, 6.45) is 1.53. The molecule has 0 unspecified atom stereocenters. The van der Waals surface area contributed by atoms with Crippen molar-refractivity contribution in [3.05, 3.63) is 178 Å². The maximum absolute atomic E-state index is 15.0. The van der Waals surface area contributed by atoms with Crippen molar-refractivity contribution >= 4 is 43.6 Å². The monoisotopic (exact) mass is 764 g/mol. The SMILES string of the molecule is CCCn1c2cc3c(=O)c4c(Oc5ccccc5)cc(Oc5ccccc5)cc4n(CCC)c3cc2c(=O)c2c(Oc3ccccc3)cc(Oc3ccccc3)cc21. The van der Waals surface area contributed by atoms with Gasteiger partial charge in [-0.3, -0.25) is 9.59 Å². The first-order valence-corrected chi connectivity index (χ1v) is 19.6. The molecule has 0 amide bonds. The second-order valence-corrected chi connectivity index (χ2v) is 14.1. The quantitative estimate of drug-likeness (QED) is 0.115. The van der Waals surface area contributed by atoms with Crippen molar-refractivity contribution in [1.29, 1.82) is 0 Å². The lowest BCUT2D eigenvalue weighted by atomic mass is 10.0. The molecule has 0 aliphatic heterocycles. The molecule has 0 saturated heterocycles. The van der Waals surface area contributed by atoms with E-state index in [1.165, 1.54) is 0 Å². The number of benzene rings is 7. The maximum Gasteiger partial charge on any atom is 0.201 e. The molecular formula is C50H40N2O6. The Bertz CT molecular complexity index is 2840. The van der Waals surface area contributed by atoms with E-state index in [0.717, 1.165) is 12.8 Å². The standard InChI is InChI=1S/C50H40N2O6/c1-3-25-51-41-31-40-42(32-39(41)49(53)47-43(51)27-37(55-33-17-9-5-10-18-33)29-45(47)57-35-21-13-7-14-22-35)52(26-4-2)44-28-38(56-34-19-11-6-12-20-34)30-46(48(44)50(40)54)58-36-23-15-8-16-24-36/h5-24,27-32H,3-4,25-26H2,1-2H3. The third-order valence-electron chi connectivity index (χ3n) is 10.1. The third kappa shape index (κ3) is 6.90. The zero-order valence-electron chi connectivity index (χ0n) is 32.2. The van der Waals surface area contributed by atoms with Gasteiger partial charge in [0.1, 0.15) is 46.0 Å². The number of hydrogen-bond donors (Lipinski definition) is 0. The predicted octanol–water partition coefficient (Wildman–Crippen LogP) is 12.6. The Balaban J connectivity index is 1.36. The molecule has 0 saturated carbocycles. The van der Waals surface area contributed by atoms with Crippen molar-refractivity contribution in [2.75, 3.05) is 0 Å². The molecule has 2 aromatic heterocycles. The average Bonchev–Trinajstić information content (AvgIpc) is 3.24. The van der Waals surface area contributed by atoms with Gasteiger partial charge in [0.05, 0.1) is 32.8 Å². The van der Waals surface area contributed by atoms with Gasteiger partial charge in [-0.05, 0) is 73.5 Å². The van der Waals surface area contributed by atoms with Crippen molar-refractivity contribution in [2.24, 2.45) is 0 Å². The van der Waals surface area contributed by atoms with E-state index >= 15 is 9.59 Å². The van der Waals surface area contributed by atoms with Crippen molar-refractivity contribution in [3.63, 3.8) is 0 Å². The largest absolute Gasteiger partial charge is 0.457 e. The number of fused-ring (bicyclic) bond motifs is 4. The molecule has 9 aromatic rings. The van der Waals surface area contributed by atoms with Crippen molar-refractivity contribution in [1.82, 2.24) is 9.13 Å². The van der Waals surface area contributed by atoms with Crippen LogP contribution in [-0.2, 0) is 13.1 Å². The minimum atomic E-state index is -0.207. The Kier molecular flexibility index (Phi) is 9.81. The van der Waals surface area contributed by atoms with Crippen molar-refractivity contribution < 1.29 is 18.9 Å². The first kappa shape index (κ1) is 36.3. The zero-order valence-corrected chi connectivity index (χ0v) is 32.2. The highest BCUT2D eigenvalue weighted by Crippen LogP contribution is 2.39. The normalized spacial score (nSPS) is 11.3. The van der Waals surface area contributed by atoms with E-state index in [1.54, 1.807) is 12.1 Å². The summed E-state index contributed by atoms with van der Waals surface area (Å²) in [5.41, 5.74) is 2.15. The topological polar surface area (TPSA) is 80.9 Å². The summed E-state index contributed by atoms with van der Waals surface area (Å²) in [5.74, 6) is 4.26. The number of pyridine rings is 2. The van der Waals surface area contributed by atoms with Crippen LogP contribution in [0.4, 0.5) is 0 Å². The number of aromatic nitrogens is 2. The molecular weight excluding hydrogens is 725 g/mol. The Morgan fingerprint density at radius 1 is 0.379 bits per heavy atom. The highest BCUT2D eigenvalue weighted by Gasteiger charge is 2.23. The Labute approximate surface area is 334 Å². The molecule has 0 bridgehead atoms. The van der Waals surface area contributed by atoms with Crippen LogP contribution in [0.2, 0.25) is 0 Å². The van der Waals surface area contributed by atoms with Gasteiger partial charge in [0.25, 0.3) is 0 Å². The second-order valence-electron chi connectivity index (χ2n) is 14.1. The summed E-state index contributed by atoms with van der Waals surface area (Å²) < 4.78 is 30.0. The molecule has 0 spiro atoms. The van der Waals surface area contributed by atoms with Gasteiger partial charge in [0.15, 0.2) is 0 Å². The van der Waals surface area contributed by atoms with E-state index in [4.69, 9.17) is 18.9 Å². The second kappa shape index (κ2) is 15.7. The van der Waals surface area contributed by atoms with Crippen LogP contribution in [0.25, 0.3) is 43.6 Å². The van der Waals surface area contributed by atoms with Crippen LogP contribution < -0.4 is 29.8 Å². The van der Waals surface area contributed by atoms with Gasteiger partial charge in [-0.2, -0.15) is 0 Å². The van der Waals surface area contributed by atoms with Gasteiger partial charge in [-0.25, -0.2) is 0 Å². The van der Waals surface area contributed by atoms with Crippen LogP contribution in [0.1, 0.15) is 26.7 Å². The van der Waals surface area contributed by atoms with Crippen LogP contribution in [0.15, 0.2) is 167 Å². The summed E-state index contributed by atoms with van der Waals surface area (Å²) >= 11 is 0. The number of aryl methyl sites for hydroxylation is 2. The molecule has 58 heavy (non-hydrogen) atoms. The third-order valence-corrected chi connectivity index (χ3v) is 10.1. The minimum Gasteiger partial charge on any atom is -0.457 e. The molecule has 7 aromatic carbocycles. The molecule has 9 rings (SSSR count). The summed E-state index contributed by atoms with van der Waals surface area (Å²) in [4.78, 5) is 30.1. The lowest BCUT2D eigenvalue weighted by molar-refractivity contribution is 0.463. The van der Waals surface area contributed by atoms with E-state index in [1.807, 2.05) is 146 Å². The number of ether oxygens (including phenoxy) is 4. The van der Waals surface area contributed by atoms with Crippen LogP contribution in [0.3, 0.4) is 0 Å². The molecule has 8 nitrogen and oxygen atoms in total. The van der Waals surface area contributed by atoms with Gasteiger partial charge in [-0.15, -0.1) is 0 Å². The molecule has 0 fully saturated rings. The van der Waals surface area contributed by atoms with Crippen molar-refractivity contribution in [2.45, 2.75) is 39.8 Å². The average molecular weight is 765 g/mol. The molecule has 286 valence electrons. The molecule has 0 aliphatic rings. The smallest absolute Gasteiger partial charge is 0.201 e. The number of hydrogen-bond acceptors (Lipinski definition) is 6. The zero-order chi connectivity index (χ0) is 39.6. The van der Waals surface area contributed by atoms with Crippen LogP contribution in [0.5, 0.6) is 46.0 Å². The number of para-hydroxylation sites is 4. The van der Waals surface area contributed by atoms with E-state index in [9.17, 15) is 0 Å². The fraction of sp³-hybridized carbons (Fsp3) is 0.120. The van der Waals surface area contributed by atoms with Crippen LogP contribution in [0, 0.1) is 0 Å². The van der Waals surface area contributed by atoms with Gasteiger partial charge in [-0.1, -0.05) is 86.6 Å². The maximum atomic E-state index is 15.0. The molecule has 0 aliphatic carbocycles. The fourth-order valence-corrected chi connectivity index (χ4v) is 7.64. The summed E-state index contributed by atoms with van der Waals surface area (Å²) in [7, 11) is 0. The highest BCUT2D eigenvalue weighted by atomic mass is 16.5. The number of nitrogens with zero attached hydrogens (tertiary/aromatic N) is 2. The lowest BCUT2D eigenvalue weighted by Crippen LogP contribution is -2.16. The summed E-state index contributed by atoms with van der Waals surface area (Å²) in [6, 6.07) is 48.9. The summed E-state index contributed by atoms with van der Waals surface area (Å²) in [6.45, 7) is 5.31. The molecule has 2 heterocycles. The molecule has 0 N–H and O–H groups in total. The van der Waals surface area contributed by atoms with E-state index in [-0.39, 0.29) is 10.9 Å². The molecule has 0 radical (unpaired) electrons.